The van der Waals surface area contributed by atoms with Crippen LogP contribution in [0, 0.1) is 0 Å². The molecule has 0 aliphatic carbocycles. The summed E-state index contributed by atoms with van der Waals surface area (Å²) in [6.07, 6.45) is 6.57. The molecule has 0 spiro atoms. The van der Waals surface area contributed by atoms with Gasteiger partial charge in [-0.15, -0.1) is 0 Å². The van der Waals surface area contributed by atoms with Gasteiger partial charge in [0.15, 0.2) is 0 Å². The Labute approximate surface area is 143 Å². The molecule has 1 atom stereocenters. The second kappa shape index (κ2) is 7.47. The first-order valence-corrected chi connectivity index (χ1v) is 9.02. The van der Waals surface area contributed by atoms with Gasteiger partial charge >= 0.3 is 0 Å². The highest BCUT2D eigenvalue weighted by molar-refractivity contribution is 5.27. The van der Waals surface area contributed by atoms with Gasteiger partial charge in [0.2, 0.25) is 0 Å². The average Bonchev–Trinajstić information content (AvgIpc) is 3.11. The molecule has 0 N–H and O–H groups in total. The molecule has 2 aromatic rings. The Morgan fingerprint density at radius 1 is 1.08 bits per heavy atom. The summed E-state index contributed by atoms with van der Waals surface area (Å²) in [4.78, 5) is 9.70. The third kappa shape index (κ3) is 3.53. The van der Waals surface area contributed by atoms with Crippen molar-refractivity contribution in [3.63, 3.8) is 0 Å². The summed E-state index contributed by atoms with van der Waals surface area (Å²) in [5, 5.41) is 0. The van der Waals surface area contributed by atoms with E-state index in [4.69, 9.17) is 4.74 Å². The van der Waals surface area contributed by atoms with E-state index >= 15 is 0 Å². The molecule has 24 heavy (non-hydrogen) atoms. The predicted molar refractivity (Wildman–Crippen MR) is 94.3 cm³/mol. The van der Waals surface area contributed by atoms with Crippen LogP contribution in [-0.2, 0) is 11.3 Å². The van der Waals surface area contributed by atoms with Gasteiger partial charge in [-0.3, -0.25) is 9.80 Å². The van der Waals surface area contributed by atoms with Crippen molar-refractivity contribution in [3.05, 3.63) is 48.4 Å². The van der Waals surface area contributed by atoms with Crippen molar-refractivity contribution in [1.82, 2.24) is 19.4 Å². The fraction of sp³-hybridized carbons (Fsp3) is 0.526. The lowest BCUT2D eigenvalue weighted by Crippen LogP contribution is -2.51. The van der Waals surface area contributed by atoms with Crippen LogP contribution in [0.4, 0.5) is 0 Å². The van der Waals surface area contributed by atoms with Crippen LogP contribution in [0.2, 0.25) is 0 Å². The number of piperidine rings is 1. The highest BCUT2D eigenvalue weighted by Crippen LogP contribution is 2.20. The molecule has 5 nitrogen and oxygen atoms in total. The van der Waals surface area contributed by atoms with Gasteiger partial charge in [0.25, 0.3) is 0 Å². The van der Waals surface area contributed by atoms with Gasteiger partial charge in [0, 0.05) is 50.3 Å². The zero-order chi connectivity index (χ0) is 16.2. The van der Waals surface area contributed by atoms with Crippen LogP contribution in [0.25, 0.3) is 5.82 Å². The van der Waals surface area contributed by atoms with Gasteiger partial charge < -0.3 is 9.30 Å². The number of morpholine rings is 1. The molecule has 0 amide bonds. The van der Waals surface area contributed by atoms with Crippen molar-refractivity contribution < 1.29 is 4.74 Å². The van der Waals surface area contributed by atoms with Gasteiger partial charge in [0.1, 0.15) is 5.82 Å². The number of hydrogen-bond acceptors (Lipinski definition) is 4. The Kier molecular flexibility index (Phi) is 4.92. The summed E-state index contributed by atoms with van der Waals surface area (Å²) in [5.74, 6) is 0.999. The summed E-state index contributed by atoms with van der Waals surface area (Å²) >= 11 is 0. The molecular formula is C19H26N4O. The first-order valence-electron chi connectivity index (χ1n) is 9.02. The molecule has 0 bridgehead atoms. The molecule has 5 heteroatoms. The Morgan fingerprint density at radius 3 is 2.83 bits per heavy atom. The smallest absolute Gasteiger partial charge is 0.136 e. The number of likely N-dealkylation sites (tertiary alicyclic amines) is 1. The molecule has 2 aliphatic rings. The number of nitrogens with zero attached hydrogens (tertiary/aromatic N) is 4. The van der Waals surface area contributed by atoms with E-state index in [1.165, 1.54) is 25.1 Å². The minimum Gasteiger partial charge on any atom is -0.379 e. The third-order valence-corrected chi connectivity index (χ3v) is 5.16. The lowest BCUT2D eigenvalue weighted by atomic mass is 10.0. The Hall–Kier alpha value is -1.69. The van der Waals surface area contributed by atoms with Crippen LogP contribution in [0.3, 0.4) is 0 Å². The highest BCUT2D eigenvalue weighted by atomic mass is 16.5. The Bertz CT molecular complexity index is 636. The maximum absolute atomic E-state index is 5.50. The van der Waals surface area contributed by atoms with E-state index in [9.17, 15) is 0 Å². The molecule has 2 fully saturated rings. The van der Waals surface area contributed by atoms with Gasteiger partial charge in [-0.2, -0.15) is 0 Å². The molecule has 2 aromatic heterocycles. The van der Waals surface area contributed by atoms with Crippen molar-refractivity contribution in [3.8, 4) is 5.82 Å². The van der Waals surface area contributed by atoms with Crippen molar-refractivity contribution in [1.29, 1.82) is 0 Å². The normalized spacial score (nSPS) is 23.4. The Balaban J connectivity index is 1.43. The first kappa shape index (κ1) is 15.8. The molecule has 2 saturated heterocycles. The lowest BCUT2D eigenvalue weighted by Gasteiger charge is -2.40. The predicted octanol–water partition coefficient (Wildman–Crippen LogP) is 2.17. The summed E-state index contributed by atoms with van der Waals surface area (Å²) in [6.45, 7) is 7.29. The summed E-state index contributed by atoms with van der Waals surface area (Å²) < 4.78 is 7.71. The molecule has 4 heterocycles. The van der Waals surface area contributed by atoms with Crippen LogP contribution in [0.5, 0.6) is 0 Å². The number of hydrogen-bond donors (Lipinski definition) is 0. The largest absolute Gasteiger partial charge is 0.379 e. The fourth-order valence-electron chi connectivity index (χ4n) is 3.91. The summed E-state index contributed by atoms with van der Waals surface area (Å²) in [7, 11) is 0. The maximum atomic E-state index is 5.50. The second-order valence-corrected chi connectivity index (χ2v) is 6.74. The van der Waals surface area contributed by atoms with Crippen molar-refractivity contribution >= 4 is 0 Å². The summed E-state index contributed by atoms with van der Waals surface area (Å²) in [6, 6.07) is 11.1. The monoisotopic (exact) mass is 326 g/mol. The van der Waals surface area contributed by atoms with E-state index in [0.29, 0.717) is 6.04 Å². The minimum absolute atomic E-state index is 0.681. The zero-order valence-corrected chi connectivity index (χ0v) is 14.2. The van der Waals surface area contributed by atoms with Gasteiger partial charge in [0.05, 0.1) is 13.2 Å². The lowest BCUT2D eigenvalue weighted by molar-refractivity contribution is -0.00377. The van der Waals surface area contributed by atoms with Gasteiger partial charge in [-0.1, -0.05) is 6.07 Å². The summed E-state index contributed by atoms with van der Waals surface area (Å²) in [5.41, 5.74) is 1.32. The van der Waals surface area contributed by atoms with Crippen LogP contribution in [-0.4, -0.2) is 64.8 Å². The molecule has 128 valence electrons. The van der Waals surface area contributed by atoms with Crippen molar-refractivity contribution in [2.75, 3.05) is 39.4 Å². The quantitative estimate of drug-likeness (QED) is 0.862. The van der Waals surface area contributed by atoms with E-state index in [-0.39, 0.29) is 0 Å². The van der Waals surface area contributed by atoms with E-state index in [1.54, 1.807) is 0 Å². The molecule has 4 rings (SSSR count). The first-order chi connectivity index (χ1) is 11.9. The SMILES string of the molecule is c1ccc(-n2cccc2CN2CCCC(N3CCOCC3)C2)nc1. The maximum Gasteiger partial charge on any atom is 0.136 e. The van der Waals surface area contributed by atoms with Crippen molar-refractivity contribution in [2.45, 2.75) is 25.4 Å². The van der Waals surface area contributed by atoms with Crippen LogP contribution < -0.4 is 0 Å². The zero-order valence-electron chi connectivity index (χ0n) is 14.2. The van der Waals surface area contributed by atoms with Crippen LogP contribution in [0.1, 0.15) is 18.5 Å². The second-order valence-electron chi connectivity index (χ2n) is 6.74. The third-order valence-electron chi connectivity index (χ3n) is 5.16. The van der Waals surface area contributed by atoms with Crippen LogP contribution >= 0.6 is 0 Å². The Morgan fingerprint density at radius 2 is 2.00 bits per heavy atom. The average molecular weight is 326 g/mol. The van der Waals surface area contributed by atoms with Crippen molar-refractivity contribution in [2.24, 2.45) is 0 Å². The molecular weight excluding hydrogens is 300 g/mol. The molecule has 0 aromatic carbocycles. The van der Waals surface area contributed by atoms with E-state index in [1.807, 2.05) is 18.3 Å². The molecule has 2 aliphatic heterocycles. The van der Waals surface area contributed by atoms with E-state index in [0.717, 1.165) is 45.2 Å². The van der Waals surface area contributed by atoms with Crippen LogP contribution in [0.15, 0.2) is 42.7 Å². The van der Waals surface area contributed by atoms with Gasteiger partial charge in [-0.25, -0.2) is 4.98 Å². The minimum atomic E-state index is 0.681. The number of aromatic nitrogens is 2. The van der Waals surface area contributed by atoms with E-state index < -0.39 is 0 Å². The molecule has 0 radical (unpaired) electrons. The van der Waals surface area contributed by atoms with E-state index in [2.05, 4.69) is 43.7 Å². The number of rotatable bonds is 4. The van der Waals surface area contributed by atoms with Gasteiger partial charge in [-0.05, 0) is 43.7 Å². The standard InChI is InChI=1S/C19H26N4O/c1-2-8-20-19(7-1)23-10-4-6-18(23)16-21-9-3-5-17(15-21)22-11-13-24-14-12-22/h1-2,4,6-8,10,17H,3,5,9,11-16H2. The highest BCUT2D eigenvalue weighted by Gasteiger charge is 2.26. The topological polar surface area (TPSA) is 33.5 Å². The number of ether oxygens (including phenoxy) is 1. The molecule has 1 unspecified atom stereocenters. The molecule has 0 saturated carbocycles. The number of pyridine rings is 1. The fourth-order valence-corrected chi connectivity index (χ4v) is 3.91.